The van der Waals surface area contributed by atoms with E-state index in [1.807, 2.05) is 13.8 Å². The highest BCUT2D eigenvalue weighted by Gasteiger charge is 2.15. The number of H-pyrrole nitrogens is 1. The van der Waals surface area contributed by atoms with Gasteiger partial charge in [0.15, 0.2) is 0 Å². The van der Waals surface area contributed by atoms with E-state index in [0.29, 0.717) is 24.9 Å². The molecule has 0 bridgehead atoms. The number of ether oxygens (including phenoxy) is 1. The molecule has 1 atom stereocenters. The highest BCUT2D eigenvalue weighted by atomic mass is 32.1. The molecule has 116 valence electrons. The molecule has 2 aromatic rings. The van der Waals surface area contributed by atoms with Crippen molar-refractivity contribution in [3.05, 3.63) is 26.6 Å². The van der Waals surface area contributed by atoms with Gasteiger partial charge in [-0.2, -0.15) is 0 Å². The molecule has 0 saturated carbocycles. The van der Waals surface area contributed by atoms with Crippen LogP contribution in [-0.2, 0) is 11.3 Å². The lowest BCUT2D eigenvalue weighted by atomic mass is 10.1. The Bertz CT molecular complexity index is 675. The minimum atomic E-state index is -0.0495. The predicted molar refractivity (Wildman–Crippen MR) is 87.1 cm³/mol. The second-order valence-electron chi connectivity index (χ2n) is 5.66. The molecule has 0 radical (unpaired) electrons. The van der Waals surface area contributed by atoms with Crippen molar-refractivity contribution >= 4 is 21.6 Å². The van der Waals surface area contributed by atoms with Crippen LogP contribution in [-0.4, -0.2) is 29.7 Å². The van der Waals surface area contributed by atoms with Gasteiger partial charge in [0.05, 0.1) is 18.5 Å². The molecule has 0 amide bonds. The third-order valence-electron chi connectivity index (χ3n) is 3.77. The third-order valence-corrected chi connectivity index (χ3v) is 4.87. The van der Waals surface area contributed by atoms with Crippen LogP contribution in [0.2, 0.25) is 0 Å². The SMILES string of the molecule is COCC(NCc1nc2sc(C)c(C)c2c(=O)[nH]1)C(C)C. The Hall–Kier alpha value is -1.24. The average molecular weight is 309 g/mol. The monoisotopic (exact) mass is 309 g/mol. The van der Waals surface area contributed by atoms with Gasteiger partial charge in [-0.25, -0.2) is 4.98 Å². The maximum atomic E-state index is 12.2. The molecule has 0 fully saturated rings. The largest absolute Gasteiger partial charge is 0.383 e. The Morgan fingerprint density at radius 3 is 2.71 bits per heavy atom. The normalized spacial score (nSPS) is 13.2. The van der Waals surface area contributed by atoms with Crippen molar-refractivity contribution in [3.8, 4) is 0 Å². The Morgan fingerprint density at radius 2 is 2.10 bits per heavy atom. The molecular formula is C15H23N3O2S. The highest BCUT2D eigenvalue weighted by molar-refractivity contribution is 7.18. The minimum Gasteiger partial charge on any atom is -0.383 e. The highest BCUT2D eigenvalue weighted by Crippen LogP contribution is 2.25. The van der Waals surface area contributed by atoms with E-state index in [9.17, 15) is 4.79 Å². The number of nitrogens with one attached hydrogen (secondary N) is 2. The zero-order valence-corrected chi connectivity index (χ0v) is 14.1. The molecular weight excluding hydrogens is 286 g/mol. The van der Waals surface area contributed by atoms with Crippen molar-refractivity contribution in [3.63, 3.8) is 0 Å². The van der Waals surface area contributed by atoms with Crippen molar-refractivity contribution in [1.29, 1.82) is 0 Å². The van der Waals surface area contributed by atoms with Crippen LogP contribution in [0.15, 0.2) is 4.79 Å². The van der Waals surface area contributed by atoms with Crippen LogP contribution in [0.5, 0.6) is 0 Å². The molecule has 21 heavy (non-hydrogen) atoms. The number of fused-ring (bicyclic) bond motifs is 1. The molecule has 5 nitrogen and oxygen atoms in total. The van der Waals surface area contributed by atoms with E-state index in [1.54, 1.807) is 18.4 Å². The van der Waals surface area contributed by atoms with Gasteiger partial charge in [-0.15, -0.1) is 11.3 Å². The van der Waals surface area contributed by atoms with Gasteiger partial charge in [0.1, 0.15) is 10.7 Å². The number of nitrogens with zero attached hydrogens (tertiary/aromatic N) is 1. The molecule has 0 aliphatic rings. The van der Waals surface area contributed by atoms with E-state index in [-0.39, 0.29) is 11.6 Å². The van der Waals surface area contributed by atoms with Crippen molar-refractivity contribution in [2.24, 2.45) is 5.92 Å². The minimum absolute atomic E-state index is 0.0495. The first-order chi connectivity index (χ1) is 9.93. The Kier molecular flexibility index (Phi) is 5.13. The van der Waals surface area contributed by atoms with E-state index in [1.165, 1.54) is 0 Å². The molecule has 0 aromatic carbocycles. The molecule has 2 rings (SSSR count). The Labute approximate surface area is 128 Å². The summed E-state index contributed by atoms with van der Waals surface area (Å²) in [4.78, 5) is 21.6. The lowest BCUT2D eigenvalue weighted by molar-refractivity contribution is 0.146. The van der Waals surface area contributed by atoms with Crippen LogP contribution in [0.3, 0.4) is 0 Å². The van der Waals surface area contributed by atoms with Crippen LogP contribution in [0.1, 0.15) is 30.1 Å². The molecule has 0 saturated heterocycles. The van der Waals surface area contributed by atoms with Gasteiger partial charge in [-0.1, -0.05) is 13.8 Å². The average Bonchev–Trinajstić information content (AvgIpc) is 2.70. The Morgan fingerprint density at radius 1 is 1.38 bits per heavy atom. The summed E-state index contributed by atoms with van der Waals surface area (Å²) in [6.45, 7) is 9.45. The topological polar surface area (TPSA) is 67.0 Å². The standard InChI is InChI=1S/C15H23N3O2S/c1-8(2)11(7-20-5)16-6-12-17-14(19)13-9(3)10(4)21-15(13)18-12/h8,11,16H,6-7H2,1-5H3,(H,17,18,19). The maximum Gasteiger partial charge on any atom is 0.259 e. The van der Waals surface area contributed by atoms with E-state index >= 15 is 0 Å². The van der Waals surface area contributed by atoms with Crippen molar-refractivity contribution in [2.45, 2.75) is 40.3 Å². The molecule has 6 heteroatoms. The predicted octanol–water partition coefficient (Wildman–Crippen LogP) is 2.36. The molecule has 0 aliphatic heterocycles. The molecule has 2 N–H and O–H groups in total. The van der Waals surface area contributed by atoms with Gasteiger partial charge in [0.25, 0.3) is 5.56 Å². The van der Waals surface area contributed by atoms with E-state index in [2.05, 4.69) is 29.1 Å². The smallest absolute Gasteiger partial charge is 0.259 e. The van der Waals surface area contributed by atoms with Crippen molar-refractivity contribution in [2.75, 3.05) is 13.7 Å². The number of aromatic amines is 1. The first kappa shape index (κ1) is 16.1. The fraction of sp³-hybridized carbons (Fsp3) is 0.600. The van der Waals surface area contributed by atoms with Gasteiger partial charge in [-0.05, 0) is 25.3 Å². The van der Waals surface area contributed by atoms with Crippen LogP contribution in [0.25, 0.3) is 10.2 Å². The number of aromatic nitrogens is 2. The van der Waals surface area contributed by atoms with E-state index < -0.39 is 0 Å². The number of methoxy groups -OCH3 is 1. The van der Waals surface area contributed by atoms with Crippen molar-refractivity contribution < 1.29 is 4.74 Å². The first-order valence-electron chi connectivity index (χ1n) is 7.15. The first-order valence-corrected chi connectivity index (χ1v) is 7.97. The third kappa shape index (κ3) is 3.51. The summed E-state index contributed by atoms with van der Waals surface area (Å²) in [6.07, 6.45) is 0. The Balaban J connectivity index is 2.21. The van der Waals surface area contributed by atoms with Gasteiger partial charge < -0.3 is 15.0 Å². The van der Waals surface area contributed by atoms with Crippen LogP contribution in [0.4, 0.5) is 0 Å². The van der Waals surface area contributed by atoms with Crippen LogP contribution in [0, 0.1) is 19.8 Å². The summed E-state index contributed by atoms with van der Waals surface area (Å²) in [5.41, 5.74) is 0.981. The van der Waals surface area contributed by atoms with Gasteiger partial charge in [-0.3, -0.25) is 4.79 Å². The molecule has 1 unspecified atom stereocenters. The molecule has 0 aliphatic carbocycles. The molecule has 2 aromatic heterocycles. The van der Waals surface area contributed by atoms with Gasteiger partial charge >= 0.3 is 0 Å². The summed E-state index contributed by atoms with van der Waals surface area (Å²) in [7, 11) is 1.69. The van der Waals surface area contributed by atoms with E-state index in [4.69, 9.17) is 4.74 Å². The number of aryl methyl sites for hydroxylation is 2. The van der Waals surface area contributed by atoms with Crippen LogP contribution < -0.4 is 10.9 Å². The van der Waals surface area contributed by atoms with Gasteiger partial charge in [0.2, 0.25) is 0 Å². The summed E-state index contributed by atoms with van der Waals surface area (Å²) in [6, 6.07) is 0.239. The zero-order valence-electron chi connectivity index (χ0n) is 13.2. The second-order valence-corrected chi connectivity index (χ2v) is 6.87. The fourth-order valence-electron chi connectivity index (χ4n) is 2.28. The number of hydrogen-bond acceptors (Lipinski definition) is 5. The maximum absolute atomic E-state index is 12.2. The van der Waals surface area contributed by atoms with E-state index in [0.717, 1.165) is 20.7 Å². The number of rotatable bonds is 6. The zero-order chi connectivity index (χ0) is 15.6. The number of thiophene rings is 1. The lowest BCUT2D eigenvalue weighted by Gasteiger charge is -2.21. The lowest BCUT2D eigenvalue weighted by Crippen LogP contribution is -2.38. The summed E-state index contributed by atoms with van der Waals surface area (Å²) >= 11 is 1.57. The van der Waals surface area contributed by atoms with Crippen LogP contribution >= 0.6 is 11.3 Å². The summed E-state index contributed by atoms with van der Waals surface area (Å²) in [5.74, 6) is 1.13. The number of hydrogen-bond donors (Lipinski definition) is 2. The quantitative estimate of drug-likeness (QED) is 0.859. The molecule has 2 heterocycles. The molecule has 0 spiro atoms. The van der Waals surface area contributed by atoms with Gasteiger partial charge in [0, 0.05) is 18.0 Å². The van der Waals surface area contributed by atoms with Crippen molar-refractivity contribution in [1.82, 2.24) is 15.3 Å². The fourth-order valence-corrected chi connectivity index (χ4v) is 3.33. The summed E-state index contributed by atoms with van der Waals surface area (Å²) in [5, 5.41) is 4.12. The summed E-state index contributed by atoms with van der Waals surface area (Å²) < 4.78 is 5.21. The second kappa shape index (κ2) is 6.68.